The third kappa shape index (κ3) is 2.07. The molecule has 0 saturated carbocycles. The fraction of sp³-hybridized carbons (Fsp3) is 0.188. The minimum Gasteiger partial charge on any atom is -0.356 e. The number of hydrogen-bond donors (Lipinski definition) is 0. The van der Waals surface area contributed by atoms with Crippen LogP contribution >= 0.6 is 0 Å². The lowest BCUT2D eigenvalue weighted by Gasteiger charge is -2.18. The lowest BCUT2D eigenvalue weighted by molar-refractivity contribution is 0.448. The monoisotopic (exact) mass is 314 g/mol. The summed E-state index contributed by atoms with van der Waals surface area (Å²) in [4.78, 5) is 0. The minimum atomic E-state index is -3.48. The first-order chi connectivity index (χ1) is 10.6. The van der Waals surface area contributed by atoms with Crippen molar-refractivity contribution in [1.82, 2.24) is 5.16 Å². The van der Waals surface area contributed by atoms with Crippen molar-refractivity contribution >= 4 is 26.7 Å². The van der Waals surface area contributed by atoms with Crippen LogP contribution in [-0.4, -0.2) is 20.1 Å². The van der Waals surface area contributed by atoms with Crippen molar-refractivity contribution in [1.29, 1.82) is 0 Å². The van der Waals surface area contributed by atoms with E-state index in [4.69, 9.17) is 4.52 Å². The molecule has 0 saturated heterocycles. The Bertz CT molecular complexity index is 947. The number of nitrogens with zero attached hydrogens (tertiary/aromatic N) is 2. The number of rotatable bonds is 3. The molecule has 1 aromatic heterocycles. The fourth-order valence-corrected chi connectivity index (χ4v) is 4.45. The molecule has 0 amide bonds. The van der Waals surface area contributed by atoms with Crippen molar-refractivity contribution in [2.75, 3.05) is 10.8 Å². The zero-order valence-electron chi connectivity index (χ0n) is 11.8. The molecule has 4 rings (SSSR count). The minimum absolute atomic E-state index is 0.154. The molecule has 0 bridgehead atoms. The first-order valence-corrected chi connectivity index (χ1v) is 8.68. The van der Waals surface area contributed by atoms with E-state index in [1.54, 1.807) is 6.07 Å². The Hall–Kier alpha value is -2.34. The van der Waals surface area contributed by atoms with Crippen LogP contribution in [0.5, 0.6) is 0 Å². The molecule has 2 aromatic carbocycles. The molecule has 3 aromatic rings. The van der Waals surface area contributed by atoms with E-state index in [0.717, 1.165) is 23.1 Å². The average molecular weight is 314 g/mol. The van der Waals surface area contributed by atoms with Gasteiger partial charge in [0, 0.05) is 11.9 Å². The molecule has 5 nitrogen and oxygen atoms in total. The van der Waals surface area contributed by atoms with Crippen molar-refractivity contribution < 1.29 is 12.9 Å². The summed E-state index contributed by atoms with van der Waals surface area (Å²) in [6, 6.07) is 14.9. The quantitative estimate of drug-likeness (QED) is 0.745. The molecule has 2 heterocycles. The number of benzene rings is 2. The van der Waals surface area contributed by atoms with Crippen LogP contribution < -0.4 is 4.31 Å². The van der Waals surface area contributed by atoms with Gasteiger partial charge in [0.25, 0.3) is 0 Å². The van der Waals surface area contributed by atoms with E-state index >= 15 is 0 Å². The van der Waals surface area contributed by atoms with Crippen molar-refractivity contribution in [3.8, 4) is 0 Å². The highest BCUT2D eigenvalue weighted by Gasteiger charge is 2.30. The van der Waals surface area contributed by atoms with Gasteiger partial charge in [0.2, 0.25) is 10.0 Å². The standard InChI is InChI=1S/C16H14N2O3S/c19-22(20,18-10-9-12-5-1-3-7-15(12)18)11-14-13-6-2-4-8-16(13)21-17-14/h1-8H,9-11H2. The molecule has 0 fully saturated rings. The Morgan fingerprint density at radius 2 is 1.86 bits per heavy atom. The van der Waals surface area contributed by atoms with Crippen LogP contribution in [0.25, 0.3) is 11.0 Å². The van der Waals surface area contributed by atoms with E-state index in [-0.39, 0.29) is 5.75 Å². The van der Waals surface area contributed by atoms with Crippen LogP contribution in [0.1, 0.15) is 11.3 Å². The van der Waals surface area contributed by atoms with E-state index in [2.05, 4.69) is 5.16 Å². The van der Waals surface area contributed by atoms with E-state index in [1.165, 1.54) is 4.31 Å². The highest BCUT2D eigenvalue weighted by Crippen LogP contribution is 2.31. The Balaban J connectivity index is 1.71. The van der Waals surface area contributed by atoms with Crippen LogP contribution in [0.4, 0.5) is 5.69 Å². The van der Waals surface area contributed by atoms with E-state index in [0.29, 0.717) is 17.8 Å². The van der Waals surface area contributed by atoms with Gasteiger partial charge in [-0.3, -0.25) is 4.31 Å². The Kier molecular flexibility index (Phi) is 2.94. The molecule has 1 aliphatic heterocycles. The predicted octanol–water partition coefficient (Wildman–Crippen LogP) is 2.72. The summed E-state index contributed by atoms with van der Waals surface area (Å²) in [6.07, 6.45) is 0.745. The Morgan fingerprint density at radius 3 is 2.77 bits per heavy atom. The molecular weight excluding hydrogens is 300 g/mol. The summed E-state index contributed by atoms with van der Waals surface area (Å²) in [5.74, 6) is -0.154. The lowest BCUT2D eigenvalue weighted by atomic mass is 10.2. The predicted molar refractivity (Wildman–Crippen MR) is 84.1 cm³/mol. The van der Waals surface area contributed by atoms with Gasteiger partial charge >= 0.3 is 0 Å². The molecule has 112 valence electrons. The van der Waals surface area contributed by atoms with Crippen molar-refractivity contribution in [2.45, 2.75) is 12.2 Å². The summed E-state index contributed by atoms with van der Waals surface area (Å²) in [5, 5.41) is 4.68. The molecule has 0 N–H and O–H groups in total. The second-order valence-electron chi connectivity index (χ2n) is 5.33. The van der Waals surface area contributed by atoms with Crippen LogP contribution in [0.15, 0.2) is 53.1 Å². The van der Waals surface area contributed by atoms with Gasteiger partial charge in [0.1, 0.15) is 11.4 Å². The first kappa shape index (κ1) is 13.3. The second kappa shape index (κ2) is 4.84. The highest BCUT2D eigenvalue weighted by molar-refractivity contribution is 7.92. The van der Waals surface area contributed by atoms with Gasteiger partial charge in [-0.05, 0) is 30.2 Å². The summed E-state index contributed by atoms with van der Waals surface area (Å²) in [6.45, 7) is 0.484. The number of hydrogen-bond acceptors (Lipinski definition) is 4. The van der Waals surface area contributed by atoms with Gasteiger partial charge in [0.05, 0.1) is 5.69 Å². The maximum Gasteiger partial charge on any atom is 0.241 e. The van der Waals surface area contributed by atoms with E-state index < -0.39 is 10.0 Å². The van der Waals surface area contributed by atoms with Crippen LogP contribution in [0, 0.1) is 0 Å². The van der Waals surface area contributed by atoms with Gasteiger partial charge in [-0.15, -0.1) is 0 Å². The van der Waals surface area contributed by atoms with Crippen molar-refractivity contribution in [2.24, 2.45) is 0 Å². The summed E-state index contributed by atoms with van der Waals surface area (Å²) < 4.78 is 32.2. The summed E-state index contributed by atoms with van der Waals surface area (Å²) in [7, 11) is -3.48. The smallest absolute Gasteiger partial charge is 0.241 e. The molecule has 0 atom stereocenters. The van der Waals surface area contributed by atoms with Crippen LogP contribution in [-0.2, 0) is 22.2 Å². The van der Waals surface area contributed by atoms with Gasteiger partial charge in [-0.2, -0.15) is 0 Å². The molecule has 0 radical (unpaired) electrons. The average Bonchev–Trinajstić information content (AvgIpc) is 3.12. The van der Waals surface area contributed by atoms with E-state index in [9.17, 15) is 8.42 Å². The Labute approximate surface area is 128 Å². The van der Waals surface area contributed by atoms with Gasteiger partial charge in [-0.1, -0.05) is 35.5 Å². The summed E-state index contributed by atoms with van der Waals surface area (Å²) >= 11 is 0. The maximum atomic E-state index is 12.8. The lowest BCUT2D eigenvalue weighted by Crippen LogP contribution is -2.30. The maximum absolute atomic E-state index is 12.8. The first-order valence-electron chi connectivity index (χ1n) is 7.07. The highest BCUT2D eigenvalue weighted by atomic mass is 32.2. The van der Waals surface area contributed by atoms with Gasteiger partial charge < -0.3 is 4.52 Å². The SMILES string of the molecule is O=S(=O)(Cc1noc2ccccc12)N1CCc2ccccc21. The van der Waals surface area contributed by atoms with Gasteiger partial charge in [0.15, 0.2) is 5.58 Å². The number of fused-ring (bicyclic) bond motifs is 2. The normalized spacial score (nSPS) is 14.5. The van der Waals surface area contributed by atoms with Gasteiger partial charge in [-0.25, -0.2) is 8.42 Å². The van der Waals surface area contributed by atoms with Crippen molar-refractivity contribution in [3.05, 3.63) is 59.8 Å². The second-order valence-corrected chi connectivity index (χ2v) is 7.23. The number of anilines is 1. The Morgan fingerprint density at radius 1 is 1.09 bits per heavy atom. The largest absolute Gasteiger partial charge is 0.356 e. The molecule has 6 heteroatoms. The molecule has 22 heavy (non-hydrogen) atoms. The van der Waals surface area contributed by atoms with E-state index in [1.807, 2.05) is 42.5 Å². The number of para-hydroxylation sites is 2. The zero-order chi connectivity index (χ0) is 15.2. The van der Waals surface area contributed by atoms with Crippen LogP contribution in [0.3, 0.4) is 0 Å². The zero-order valence-corrected chi connectivity index (χ0v) is 12.6. The topological polar surface area (TPSA) is 63.4 Å². The summed E-state index contributed by atoms with van der Waals surface area (Å²) in [5.41, 5.74) is 2.90. The van der Waals surface area contributed by atoms with Crippen LogP contribution in [0.2, 0.25) is 0 Å². The molecule has 1 aliphatic rings. The van der Waals surface area contributed by atoms with Crippen molar-refractivity contribution in [3.63, 3.8) is 0 Å². The third-order valence-electron chi connectivity index (χ3n) is 3.95. The molecule has 0 aliphatic carbocycles. The fourth-order valence-electron chi connectivity index (χ4n) is 2.89. The molecular formula is C16H14N2O3S. The third-order valence-corrected chi connectivity index (χ3v) is 5.64. The molecule has 0 spiro atoms. The molecule has 0 unspecified atom stereocenters. The number of aromatic nitrogens is 1. The number of sulfonamides is 1.